The molecule has 184 valence electrons. The Morgan fingerprint density at radius 1 is 0.939 bits per heavy atom. The molecule has 0 fully saturated rings. The fraction of sp³-hybridized carbons (Fsp3) is 0.565. The molecule has 7 N–H and O–H groups in total. The van der Waals surface area contributed by atoms with E-state index in [1.54, 1.807) is 0 Å². The topological polar surface area (TPSA) is 179 Å². The number of hydrogen-bond donors (Lipinski definition) is 6. The molecule has 10 nitrogen and oxygen atoms in total. The monoisotopic (exact) mass is 465 g/mol. The second kappa shape index (κ2) is 15.1. The Labute approximate surface area is 193 Å². The molecule has 1 rings (SSSR count). The number of carbonyl (C=O) groups excluding carboxylic acids is 3. The van der Waals surface area contributed by atoms with E-state index in [-0.39, 0.29) is 18.2 Å². The van der Waals surface area contributed by atoms with E-state index in [2.05, 4.69) is 10.6 Å². The van der Waals surface area contributed by atoms with Gasteiger partial charge in [-0.05, 0) is 37.8 Å². The van der Waals surface area contributed by atoms with Gasteiger partial charge in [0.05, 0.1) is 25.2 Å². The molecule has 1 aromatic carbocycles. The van der Waals surface area contributed by atoms with Crippen molar-refractivity contribution in [1.82, 2.24) is 10.6 Å². The summed E-state index contributed by atoms with van der Waals surface area (Å²) in [6.07, 6.45) is 1.42. The van der Waals surface area contributed by atoms with Crippen LogP contribution in [0.2, 0.25) is 0 Å². The summed E-state index contributed by atoms with van der Waals surface area (Å²) in [6, 6.07) is 7.08. The van der Waals surface area contributed by atoms with Gasteiger partial charge in [0.25, 0.3) is 0 Å². The summed E-state index contributed by atoms with van der Waals surface area (Å²) < 4.78 is 0. The van der Waals surface area contributed by atoms with Gasteiger partial charge >= 0.3 is 5.97 Å². The molecule has 0 saturated carbocycles. The molecule has 1 aromatic rings. The minimum absolute atomic E-state index is 0.275. The molecule has 2 amide bonds. The lowest BCUT2D eigenvalue weighted by Crippen LogP contribution is -2.48. The Kier molecular flexibility index (Phi) is 12.9. The van der Waals surface area contributed by atoms with Crippen LogP contribution in [0.25, 0.3) is 0 Å². The second-order valence-electron chi connectivity index (χ2n) is 7.92. The molecule has 0 aliphatic heterocycles. The van der Waals surface area contributed by atoms with Gasteiger partial charge in [-0.25, -0.2) is 4.79 Å². The SMILES string of the molecule is CC[C@@H](Cc1ccccc1)C(=O)N[C@@H](CCCN)C(=O)C[C@@H](CO)C(=O)N[C@@H](CO)C(=O)O. The number of ketones is 1. The highest BCUT2D eigenvalue weighted by Crippen LogP contribution is 2.15. The molecule has 0 bridgehead atoms. The number of carbonyl (C=O) groups is 4. The number of benzene rings is 1. The lowest BCUT2D eigenvalue weighted by molar-refractivity contribution is -0.144. The van der Waals surface area contributed by atoms with Crippen molar-refractivity contribution >= 4 is 23.6 Å². The third kappa shape index (κ3) is 9.68. The fourth-order valence-electron chi connectivity index (χ4n) is 3.35. The molecule has 0 unspecified atom stereocenters. The molecule has 0 aliphatic carbocycles. The van der Waals surface area contributed by atoms with Gasteiger partial charge in [-0.2, -0.15) is 0 Å². The molecule has 33 heavy (non-hydrogen) atoms. The van der Waals surface area contributed by atoms with E-state index in [1.807, 2.05) is 37.3 Å². The third-order valence-electron chi connectivity index (χ3n) is 5.43. The molecule has 0 aromatic heterocycles. The van der Waals surface area contributed by atoms with Crippen molar-refractivity contribution < 1.29 is 34.5 Å². The Bertz CT molecular complexity index is 773. The highest BCUT2D eigenvalue weighted by Gasteiger charge is 2.30. The largest absolute Gasteiger partial charge is 0.480 e. The minimum atomic E-state index is -1.54. The maximum Gasteiger partial charge on any atom is 0.328 e. The number of hydrogen-bond acceptors (Lipinski definition) is 7. The van der Waals surface area contributed by atoms with Gasteiger partial charge in [0.1, 0.15) is 6.04 Å². The van der Waals surface area contributed by atoms with Crippen LogP contribution in [0.3, 0.4) is 0 Å². The third-order valence-corrected chi connectivity index (χ3v) is 5.43. The Balaban J connectivity index is 2.85. The number of aliphatic hydroxyl groups excluding tert-OH is 2. The number of carboxylic acids is 1. The van der Waals surface area contributed by atoms with Crippen molar-refractivity contribution in [2.75, 3.05) is 19.8 Å². The normalized spacial score (nSPS) is 14.5. The zero-order chi connectivity index (χ0) is 24.8. The van der Waals surface area contributed by atoms with Crippen LogP contribution in [0.1, 0.15) is 38.2 Å². The highest BCUT2D eigenvalue weighted by atomic mass is 16.4. The van der Waals surface area contributed by atoms with Crippen LogP contribution in [-0.2, 0) is 25.6 Å². The first-order valence-corrected chi connectivity index (χ1v) is 11.1. The molecule has 10 heteroatoms. The van der Waals surface area contributed by atoms with Crippen molar-refractivity contribution in [3.63, 3.8) is 0 Å². The zero-order valence-electron chi connectivity index (χ0n) is 18.9. The summed E-state index contributed by atoms with van der Waals surface area (Å²) in [5.74, 6) is -4.62. The first-order chi connectivity index (χ1) is 15.8. The number of nitrogens with two attached hydrogens (primary N) is 1. The smallest absolute Gasteiger partial charge is 0.328 e. The van der Waals surface area contributed by atoms with E-state index in [1.165, 1.54) is 0 Å². The number of amides is 2. The maximum atomic E-state index is 12.9. The van der Waals surface area contributed by atoms with E-state index >= 15 is 0 Å². The highest BCUT2D eigenvalue weighted by molar-refractivity contribution is 5.93. The minimum Gasteiger partial charge on any atom is -0.480 e. The van der Waals surface area contributed by atoms with Crippen molar-refractivity contribution in [1.29, 1.82) is 0 Å². The van der Waals surface area contributed by atoms with E-state index in [0.29, 0.717) is 25.8 Å². The van der Waals surface area contributed by atoms with Crippen molar-refractivity contribution in [3.05, 3.63) is 35.9 Å². The lowest BCUT2D eigenvalue weighted by Gasteiger charge is -2.23. The molecule has 0 saturated heterocycles. The fourth-order valence-corrected chi connectivity index (χ4v) is 3.35. The quantitative estimate of drug-likeness (QED) is 0.191. The molecule has 0 spiro atoms. The molecular weight excluding hydrogens is 430 g/mol. The van der Waals surface area contributed by atoms with E-state index in [9.17, 15) is 24.3 Å². The van der Waals surface area contributed by atoms with Crippen molar-refractivity contribution in [3.8, 4) is 0 Å². The summed E-state index contributed by atoms with van der Waals surface area (Å²) >= 11 is 0. The zero-order valence-corrected chi connectivity index (χ0v) is 18.9. The van der Waals surface area contributed by atoms with Gasteiger partial charge in [0, 0.05) is 12.3 Å². The van der Waals surface area contributed by atoms with Crippen LogP contribution in [-0.4, -0.2) is 70.7 Å². The van der Waals surface area contributed by atoms with Crippen molar-refractivity contribution in [2.45, 2.75) is 51.1 Å². The molecule has 0 aliphatic rings. The number of aliphatic carboxylic acids is 1. The van der Waals surface area contributed by atoms with Crippen LogP contribution < -0.4 is 16.4 Å². The van der Waals surface area contributed by atoms with Crippen LogP contribution in [0.4, 0.5) is 0 Å². The predicted molar refractivity (Wildman–Crippen MR) is 121 cm³/mol. The van der Waals surface area contributed by atoms with Gasteiger partial charge in [-0.15, -0.1) is 0 Å². The Morgan fingerprint density at radius 3 is 2.06 bits per heavy atom. The number of aliphatic hydroxyl groups is 2. The second-order valence-corrected chi connectivity index (χ2v) is 7.92. The Morgan fingerprint density at radius 2 is 1.55 bits per heavy atom. The molecule has 0 radical (unpaired) electrons. The number of rotatable bonds is 16. The van der Waals surface area contributed by atoms with Crippen LogP contribution in [0.5, 0.6) is 0 Å². The predicted octanol–water partition coefficient (Wildman–Crippen LogP) is -0.392. The lowest BCUT2D eigenvalue weighted by atomic mass is 9.93. The first-order valence-electron chi connectivity index (χ1n) is 11.1. The summed E-state index contributed by atoms with van der Waals surface area (Å²) in [5.41, 5.74) is 6.56. The summed E-state index contributed by atoms with van der Waals surface area (Å²) in [5, 5.41) is 32.5. The van der Waals surface area contributed by atoms with Crippen molar-refractivity contribution in [2.24, 2.45) is 17.6 Å². The summed E-state index contributed by atoms with van der Waals surface area (Å²) in [4.78, 5) is 49.1. The Hall–Kier alpha value is -2.82. The van der Waals surface area contributed by atoms with Crippen LogP contribution >= 0.6 is 0 Å². The van der Waals surface area contributed by atoms with Gasteiger partial charge in [0.2, 0.25) is 11.8 Å². The van der Waals surface area contributed by atoms with E-state index < -0.39 is 55.3 Å². The van der Waals surface area contributed by atoms with E-state index in [4.69, 9.17) is 15.9 Å². The average molecular weight is 466 g/mol. The van der Waals surface area contributed by atoms with Gasteiger partial charge in [0.15, 0.2) is 5.78 Å². The van der Waals surface area contributed by atoms with Crippen LogP contribution in [0.15, 0.2) is 30.3 Å². The molecular formula is C23H35N3O7. The summed E-state index contributed by atoms with van der Waals surface area (Å²) in [6.45, 7) is 0.665. The first kappa shape index (κ1) is 28.2. The standard InChI is InChI=1S/C23H35N3O7/c1-2-16(11-15-7-4-3-5-8-15)21(30)25-18(9-6-10-24)20(29)12-17(13-27)22(31)26-19(14-28)23(32)33/h3-5,7-8,16-19,27-28H,2,6,9-14,24H2,1H3,(H,25,30)(H,26,31)(H,32,33)/t16-,17-,18-,19-/m0/s1. The van der Waals surface area contributed by atoms with E-state index in [0.717, 1.165) is 5.56 Å². The van der Waals surface area contributed by atoms with Gasteiger partial charge in [-0.1, -0.05) is 37.3 Å². The average Bonchev–Trinajstić information content (AvgIpc) is 2.81. The number of carboxylic acid groups (broad SMARTS) is 1. The molecule has 4 atom stereocenters. The van der Waals surface area contributed by atoms with Crippen LogP contribution in [0, 0.1) is 11.8 Å². The maximum absolute atomic E-state index is 12.9. The van der Waals surface area contributed by atoms with Gasteiger partial charge in [-0.3, -0.25) is 14.4 Å². The van der Waals surface area contributed by atoms with Gasteiger partial charge < -0.3 is 31.7 Å². The molecule has 0 heterocycles. The summed E-state index contributed by atoms with van der Waals surface area (Å²) in [7, 11) is 0. The number of Topliss-reactive ketones (excluding diaryl/α,β-unsaturated/α-hetero) is 1. The number of nitrogens with one attached hydrogen (secondary N) is 2.